The van der Waals surface area contributed by atoms with Crippen LogP contribution in [-0.4, -0.2) is 35.4 Å². The van der Waals surface area contributed by atoms with Crippen molar-refractivity contribution in [3.05, 3.63) is 65.7 Å². The Balaban J connectivity index is 1.69. The van der Waals surface area contributed by atoms with Gasteiger partial charge in [-0.2, -0.15) is 23.5 Å². The average Bonchev–Trinajstić information content (AvgIpc) is 3.17. The zero-order valence-corrected chi connectivity index (χ0v) is 18.3. The number of thioether (sulfide) groups is 1. The SMILES string of the molecule is CC(C)C1=NN2C(=N)C(=Cc3ccccc3OS(=O)(=O)c3ccccc3)C(=O)N=C2S1. The molecule has 0 atom stereocenters. The number of carbonyl (C=O) groups is 1. The van der Waals surface area contributed by atoms with Crippen molar-refractivity contribution in [1.29, 1.82) is 5.41 Å². The van der Waals surface area contributed by atoms with Crippen LogP contribution in [0, 0.1) is 11.3 Å². The molecule has 0 fully saturated rings. The summed E-state index contributed by atoms with van der Waals surface area (Å²) < 4.78 is 30.6. The highest BCUT2D eigenvalue weighted by atomic mass is 32.2. The maximum Gasteiger partial charge on any atom is 0.339 e. The highest BCUT2D eigenvalue weighted by molar-refractivity contribution is 8.27. The highest BCUT2D eigenvalue weighted by Crippen LogP contribution is 2.32. The average molecular weight is 455 g/mol. The molecule has 0 aromatic heterocycles. The van der Waals surface area contributed by atoms with Gasteiger partial charge in [0.05, 0.1) is 5.57 Å². The Hall–Kier alpha value is -3.24. The van der Waals surface area contributed by atoms with Gasteiger partial charge in [-0.05, 0) is 36.0 Å². The summed E-state index contributed by atoms with van der Waals surface area (Å²) in [5.74, 6) is -0.550. The molecule has 2 aromatic rings. The number of fused-ring (bicyclic) bond motifs is 1. The maximum absolute atomic E-state index is 12.6. The monoisotopic (exact) mass is 454 g/mol. The number of nitrogens with zero attached hydrogens (tertiary/aromatic N) is 3. The molecule has 8 nitrogen and oxygen atoms in total. The van der Waals surface area contributed by atoms with Crippen molar-refractivity contribution in [3.8, 4) is 5.75 Å². The molecule has 4 rings (SSSR count). The number of para-hydroxylation sites is 1. The van der Waals surface area contributed by atoms with Crippen molar-refractivity contribution in [2.24, 2.45) is 16.0 Å². The molecule has 10 heteroatoms. The van der Waals surface area contributed by atoms with Crippen LogP contribution in [0.15, 0.2) is 75.2 Å². The van der Waals surface area contributed by atoms with E-state index in [9.17, 15) is 13.2 Å². The van der Waals surface area contributed by atoms with Crippen LogP contribution in [-0.2, 0) is 14.9 Å². The summed E-state index contributed by atoms with van der Waals surface area (Å²) in [7, 11) is -4.07. The summed E-state index contributed by atoms with van der Waals surface area (Å²) in [6.45, 7) is 3.93. The number of rotatable bonds is 5. The van der Waals surface area contributed by atoms with Gasteiger partial charge in [0.1, 0.15) is 15.7 Å². The molecular weight excluding hydrogens is 436 g/mol. The standard InChI is InChI=1S/C21H18N4O4S2/c1-13(2)20-24-25-18(22)16(19(26)23-21(25)30-20)12-14-8-6-7-11-17(14)29-31(27,28)15-9-4-3-5-10-15/h3-13,22H,1-2H3. The summed E-state index contributed by atoms with van der Waals surface area (Å²) in [6.07, 6.45) is 1.40. The number of nitrogens with one attached hydrogen (secondary N) is 1. The Labute approximate surface area is 184 Å². The van der Waals surface area contributed by atoms with E-state index in [2.05, 4.69) is 10.1 Å². The van der Waals surface area contributed by atoms with Gasteiger partial charge in [-0.1, -0.05) is 50.2 Å². The van der Waals surface area contributed by atoms with Crippen molar-refractivity contribution >= 4 is 49.9 Å². The second-order valence-corrected chi connectivity index (χ2v) is 9.54. The molecular formula is C21H18N4O4S2. The number of hydrazone groups is 1. The minimum atomic E-state index is -4.07. The third-order valence-electron chi connectivity index (χ3n) is 4.41. The lowest BCUT2D eigenvalue weighted by molar-refractivity contribution is -0.114. The molecule has 2 aliphatic rings. The lowest BCUT2D eigenvalue weighted by Gasteiger charge is -2.20. The second kappa shape index (κ2) is 8.12. The zero-order valence-electron chi connectivity index (χ0n) is 16.6. The van der Waals surface area contributed by atoms with E-state index in [0.717, 1.165) is 5.04 Å². The number of amides is 1. The Kier molecular flexibility index (Phi) is 5.50. The van der Waals surface area contributed by atoms with Crippen molar-refractivity contribution < 1.29 is 17.4 Å². The van der Waals surface area contributed by atoms with Gasteiger partial charge in [0.25, 0.3) is 5.91 Å². The van der Waals surface area contributed by atoms with Crippen LogP contribution in [0.4, 0.5) is 0 Å². The first-order valence-electron chi connectivity index (χ1n) is 9.35. The highest BCUT2D eigenvalue weighted by Gasteiger charge is 2.36. The number of carbonyl (C=O) groups excluding carboxylic acids is 1. The van der Waals surface area contributed by atoms with E-state index in [1.807, 2.05) is 13.8 Å². The van der Waals surface area contributed by atoms with Gasteiger partial charge in [-0.15, -0.1) is 0 Å². The van der Waals surface area contributed by atoms with Crippen molar-refractivity contribution in [2.45, 2.75) is 18.7 Å². The van der Waals surface area contributed by atoms with Gasteiger partial charge in [-0.3, -0.25) is 10.2 Å². The van der Waals surface area contributed by atoms with Gasteiger partial charge < -0.3 is 4.18 Å². The Morgan fingerprint density at radius 3 is 2.48 bits per heavy atom. The molecule has 2 aromatic carbocycles. The lowest BCUT2D eigenvalue weighted by atomic mass is 10.1. The normalized spacial score (nSPS) is 17.6. The summed E-state index contributed by atoms with van der Waals surface area (Å²) in [5.41, 5.74) is 0.319. The van der Waals surface area contributed by atoms with E-state index in [0.29, 0.717) is 10.7 Å². The van der Waals surface area contributed by atoms with Gasteiger partial charge >= 0.3 is 10.1 Å². The molecule has 158 valence electrons. The Morgan fingerprint density at radius 2 is 1.77 bits per heavy atom. The van der Waals surface area contributed by atoms with Crippen LogP contribution in [0.1, 0.15) is 19.4 Å². The van der Waals surface area contributed by atoms with Crippen LogP contribution in [0.3, 0.4) is 0 Å². The van der Waals surface area contributed by atoms with E-state index < -0.39 is 16.0 Å². The number of hydrogen-bond acceptors (Lipinski definition) is 7. The zero-order chi connectivity index (χ0) is 22.2. The van der Waals surface area contributed by atoms with Crippen molar-refractivity contribution in [1.82, 2.24) is 5.01 Å². The van der Waals surface area contributed by atoms with E-state index in [1.54, 1.807) is 36.4 Å². The maximum atomic E-state index is 12.6. The first-order valence-corrected chi connectivity index (χ1v) is 11.6. The molecule has 31 heavy (non-hydrogen) atoms. The lowest BCUT2D eigenvalue weighted by Crippen LogP contribution is -2.35. The number of hydrogen-bond donors (Lipinski definition) is 1. The first kappa shape index (κ1) is 21.0. The summed E-state index contributed by atoms with van der Waals surface area (Å²) in [4.78, 5) is 16.7. The Morgan fingerprint density at radius 1 is 1.10 bits per heavy atom. The number of benzene rings is 2. The summed E-state index contributed by atoms with van der Waals surface area (Å²) >= 11 is 1.26. The predicted octanol–water partition coefficient (Wildman–Crippen LogP) is 3.73. The molecule has 2 aliphatic heterocycles. The third kappa shape index (κ3) is 4.17. The van der Waals surface area contributed by atoms with E-state index >= 15 is 0 Å². The van der Waals surface area contributed by atoms with Gasteiger partial charge in [0, 0.05) is 11.5 Å². The number of amidine groups is 2. The van der Waals surface area contributed by atoms with Crippen molar-refractivity contribution in [3.63, 3.8) is 0 Å². The molecule has 1 amide bonds. The fourth-order valence-electron chi connectivity index (χ4n) is 2.82. The Bertz CT molecular complexity index is 1270. The van der Waals surface area contributed by atoms with Crippen LogP contribution < -0.4 is 4.18 Å². The topological polar surface area (TPSA) is 112 Å². The molecule has 2 heterocycles. The molecule has 0 spiro atoms. The summed E-state index contributed by atoms with van der Waals surface area (Å²) in [6, 6.07) is 14.2. The van der Waals surface area contributed by atoms with Crippen LogP contribution >= 0.6 is 11.8 Å². The predicted molar refractivity (Wildman–Crippen MR) is 121 cm³/mol. The largest absolute Gasteiger partial charge is 0.378 e. The molecule has 0 saturated carbocycles. The van der Waals surface area contributed by atoms with Gasteiger partial charge in [0.2, 0.25) is 5.17 Å². The summed E-state index contributed by atoms with van der Waals surface area (Å²) in [5, 5.41) is 15.2. The number of aliphatic imine (C=N–C) groups is 1. The van der Waals surface area contributed by atoms with Crippen LogP contribution in [0.2, 0.25) is 0 Å². The quantitative estimate of drug-likeness (QED) is 0.544. The molecule has 0 unspecified atom stereocenters. The van der Waals surface area contributed by atoms with E-state index in [4.69, 9.17) is 9.59 Å². The fraction of sp³-hybridized carbons (Fsp3) is 0.143. The molecule has 0 radical (unpaired) electrons. The molecule has 0 bridgehead atoms. The fourth-order valence-corrected chi connectivity index (χ4v) is 4.69. The van der Waals surface area contributed by atoms with E-state index in [1.165, 1.54) is 41.0 Å². The first-order chi connectivity index (χ1) is 14.8. The second-order valence-electron chi connectivity index (χ2n) is 7.00. The van der Waals surface area contributed by atoms with Gasteiger partial charge in [0.15, 0.2) is 5.84 Å². The smallest absolute Gasteiger partial charge is 0.339 e. The van der Waals surface area contributed by atoms with Crippen LogP contribution in [0.5, 0.6) is 5.75 Å². The molecule has 1 N–H and O–H groups in total. The third-order valence-corrected chi connectivity index (χ3v) is 6.87. The van der Waals surface area contributed by atoms with Crippen LogP contribution in [0.25, 0.3) is 6.08 Å². The van der Waals surface area contributed by atoms with Crippen molar-refractivity contribution in [2.75, 3.05) is 0 Å². The minimum Gasteiger partial charge on any atom is -0.378 e. The molecule has 0 saturated heterocycles. The van der Waals surface area contributed by atoms with E-state index in [-0.39, 0.29) is 28.0 Å². The molecule has 0 aliphatic carbocycles. The van der Waals surface area contributed by atoms with Gasteiger partial charge in [-0.25, -0.2) is 0 Å². The minimum absolute atomic E-state index is 0.00809.